The van der Waals surface area contributed by atoms with E-state index in [9.17, 15) is 4.79 Å². The summed E-state index contributed by atoms with van der Waals surface area (Å²) in [5, 5.41) is 5.34. The van der Waals surface area contributed by atoms with E-state index in [1.165, 1.54) is 16.9 Å². The number of aryl methyl sites for hydroxylation is 3. The SMILES string of the molecule is Cn1cc(N2CCN(c3nc(-c4cccnc4)nc4sc5c(c34)CCC5)CC2=O)cn1. The Morgan fingerprint density at radius 3 is 2.84 bits per heavy atom. The van der Waals surface area contributed by atoms with Crippen molar-refractivity contribution in [1.82, 2.24) is 24.7 Å². The smallest absolute Gasteiger partial charge is 0.246 e. The fourth-order valence-electron chi connectivity index (χ4n) is 4.50. The van der Waals surface area contributed by atoms with E-state index < -0.39 is 0 Å². The number of carbonyl (C=O) groups excluding carboxylic acids is 1. The molecule has 0 aromatic carbocycles. The molecule has 0 bridgehead atoms. The maximum atomic E-state index is 13.0. The van der Waals surface area contributed by atoms with Gasteiger partial charge in [0.25, 0.3) is 0 Å². The topological polar surface area (TPSA) is 80.0 Å². The van der Waals surface area contributed by atoms with E-state index in [4.69, 9.17) is 9.97 Å². The minimum Gasteiger partial charge on any atom is -0.345 e. The number of hydrogen-bond donors (Lipinski definition) is 0. The fraction of sp³-hybridized carbons (Fsp3) is 0.318. The van der Waals surface area contributed by atoms with Crippen LogP contribution in [0.25, 0.3) is 21.6 Å². The lowest BCUT2D eigenvalue weighted by Crippen LogP contribution is -2.51. The average Bonchev–Trinajstić information content (AvgIpc) is 3.49. The summed E-state index contributed by atoms with van der Waals surface area (Å²) in [5.74, 6) is 1.60. The zero-order chi connectivity index (χ0) is 20.9. The van der Waals surface area contributed by atoms with Crippen molar-refractivity contribution in [3.8, 4) is 11.4 Å². The summed E-state index contributed by atoms with van der Waals surface area (Å²) in [7, 11) is 1.86. The van der Waals surface area contributed by atoms with Crippen LogP contribution in [0.1, 0.15) is 16.9 Å². The Labute approximate surface area is 183 Å². The van der Waals surface area contributed by atoms with Crippen molar-refractivity contribution in [2.24, 2.45) is 7.05 Å². The molecule has 6 rings (SSSR count). The van der Waals surface area contributed by atoms with Crippen molar-refractivity contribution in [2.75, 3.05) is 29.4 Å². The second-order valence-electron chi connectivity index (χ2n) is 7.99. The summed E-state index contributed by atoms with van der Waals surface area (Å²) in [4.78, 5) is 33.5. The molecule has 156 valence electrons. The minimum atomic E-state index is 0.0563. The van der Waals surface area contributed by atoms with Gasteiger partial charge in [0.1, 0.15) is 10.6 Å². The molecule has 0 atom stereocenters. The van der Waals surface area contributed by atoms with E-state index in [1.807, 2.05) is 30.3 Å². The second kappa shape index (κ2) is 7.12. The van der Waals surface area contributed by atoms with Gasteiger partial charge in [-0.1, -0.05) is 0 Å². The molecule has 1 amide bonds. The Morgan fingerprint density at radius 2 is 2.06 bits per heavy atom. The Hall–Kier alpha value is -3.33. The van der Waals surface area contributed by atoms with Gasteiger partial charge >= 0.3 is 0 Å². The number of rotatable bonds is 3. The van der Waals surface area contributed by atoms with Crippen molar-refractivity contribution in [3.05, 3.63) is 47.4 Å². The largest absolute Gasteiger partial charge is 0.345 e. The van der Waals surface area contributed by atoms with Gasteiger partial charge in [-0.3, -0.25) is 14.5 Å². The van der Waals surface area contributed by atoms with Crippen LogP contribution in [0.4, 0.5) is 11.5 Å². The van der Waals surface area contributed by atoms with Crippen molar-refractivity contribution in [2.45, 2.75) is 19.3 Å². The van der Waals surface area contributed by atoms with E-state index in [-0.39, 0.29) is 12.5 Å². The van der Waals surface area contributed by atoms with Gasteiger partial charge in [-0.05, 0) is 37.0 Å². The molecule has 4 aromatic rings. The fourth-order valence-corrected chi connectivity index (χ4v) is 5.76. The quantitative estimate of drug-likeness (QED) is 0.496. The van der Waals surface area contributed by atoms with Gasteiger partial charge in [-0.25, -0.2) is 9.97 Å². The van der Waals surface area contributed by atoms with Gasteiger partial charge in [0.05, 0.1) is 23.8 Å². The number of fused-ring (bicyclic) bond motifs is 3. The highest BCUT2D eigenvalue weighted by Gasteiger charge is 2.31. The lowest BCUT2D eigenvalue weighted by atomic mass is 10.1. The number of hydrogen-bond acceptors (Lipinski definition) is 7. The van der Waals surface area contributed by atoms with Crippen LogP contribution in [0, 0.1) is 0 Å². The first-order valence-electron chi connectivity index (χ1n) is 10.4. The molecule has 8 nitrogen and oxygen atoms in total. The summed E-state index contributed by atoms with van der Waals surface area (Å²) in [6, 6.07) is 3.87. The van der Waals surface area contributed by atoms with Gasteiger partial charge in [0, 0.05) is 49.2 Å². The zero-order valence-corrected chi connectivity index (χ0v) is 18.0. The van der Waals surface area contributed by atoms with Crippen LogP contribution in [0.15, 0.2) is 36.9 Å². The monoisotopic (exact) mass is 431 g/mol. The third-order valence-electron chi connectivity index (χ3n) is 5.99. The predicted octanol–water partition coefficient (Wildman–Crippen LogP) is 2.83. The molecule has 0 saturated carbocycles. The maximum Gasteiger partial charge on any atom is 0.246 e. The molecular formula is C22H21N7OS. The van der Waals surface area contributed by atoms with Crippen molar-refractivity contribution in [3.63, 3.8) is 0 Å². The van der Waals surface area contributed by atoms with Crippen LogP contribution >= 0.6 is 11.3 Å². The summed E-state index contributed by atoms with van der Waals surface area (Å²) in [5.41, 5.74) is 3.10. The molecule has 0 unspecified atom stereocenters. The lowest BCUT2D eigenvalue weighted by molar-refractivity contribution is -0.117. The van der Waals surface area contributed by atoms with Crippen LogP contribution in [-0.4, -0.2) is 50.3 Å². The molecule has 0 spiro atoms. The number of aromatic nitrogens is 5. The summed E-state index contributed by atoms with van der Waals surface area (Å²) < 4.78 is 1.72. The highest BCUT2D eigenvalue weighted by atomic mass is 32.1. The first kappa shape index (κ1) is 18.4. The molecule has 31 heavy (non-hydrogen) atoms. The van der Waals surface area contributed by atoms with Crippen LogP contribution in [0.2, 0.25) is 0 Å². The van der Waals surface area contributed by atoms with Crippen molar-refractivity contribution >= 4 is 39.0 Å². The van der Waals surface area contributed by atoms with Gasteiger partial charge in [-0.2, -0.15) is 5.10 Å². The molecule has 4 aromatic heterocycles. The van der Waals surface area contributed by atoms with E-state index in [2.05, 4.69) is 15.0 Å². The second-order valence-corrected chi connectivity index (χ2v) is 9.07. The standard InChI is InChI=1S/C22H21N7OS/c1-27-12-15(11-24-27)29-9-8-28(13-18(29)30)21-19-16-5-2-6-17(16)31-22(19)26-20(25-21)14-4-3-7-23-10-14/h3-4,7,10-12H,2,5-6,8-9,13H2,1H3. The maximum absolute atomic E-state index is 13.0. The molecule has 5 heterocycles. The Bertz CT molecular complexity index is 1300. The van der Waals surface area contributed by atoms with Gasteiger partial charge in [0.2, 0.25) is 5.91 Å². The molecule has 1 aliphatic heterocycles. The number of pyridine rings is 1. The number of anilines is 2. The van der Waals surface area contributed by atoms with Gasteiger partial charge < -0.3 is 9.80 Å². The van der Waals surface area contributed by atoms with E-state index in [0.717, 1.165) is 40.1 Å². The molecule has 9 heteroatoms. The van der Waals surface area contributed by atoms with Gasteiger partial charge in [-0.15, -0.1) is 11.3 Å². The van der Waals surface area contributed by atoms with Gasteiger partial charge in [0.15, 0.2) is 5.82 Å². The Balaban J connectivity index is 1.42. The van der Waals surface area contributed by atoms with E-state index in [0.29, 0.717) is 18.9 Å². The molecule has 1 aliphatic carbocycles. The molecule has 0 N–H and O–H groups in total. The molecule has 2 aliphatic rings. The third kappa shape index (κ3) is 3.07. The van der Waals surface area contributed by atoms with E-state index in [1.54, 1.807) is 34.6 Å². The first-order chi connectivity index (χ1) is 15.2. The predicted molar refractivity (Wildman–Crippen MR) is 120 cm³/mol. The first-order valence-corrected chi connectivity index (χ1v) is 11.3. The summed E-state index contributed by atoms with van der Waals surface area (Å²) in [6.07, 6.45) is 10.5. The van der Waals surface area contributed by atoms with Crippen LogP contribution in [0.3, 0.4) is 0 Å². The number of nitrogens with zero attached hydrogens (tertiary/aromatic N) is 7. The number of carbonyl (C=O) groups is 1. The third-order valence-corrected chi connectivity index (χ3v) is 7.17. The Kier molecular flexibility index (Phi) is 4.24. The van der Waals surface area contributed by atoms with Crippen molar-refractivity contribution in [1.29, 1.82) is 0 Å². The normalized spacial score (nSPS) is 16.4. The highest BCUT2D eigenvalue weighted by Crippen LogP contribution is 2.41. The average molecular weight is 432 g/mol. The zero-order valence-electron chi connectivity index (χ0n) is 17.2. The molecule has 0 radical (unpaired) electrons. The van der Waals surface area contributed by atoms with Crippen molar-refractivity contribution < 1.29 is 4.79 Å². The molecule has 1 fully saturated rings. The number of amides is 1. The van der Waals surface area contributed by atoms with Crippen LogP contribution in [0.5, 0.6) is 0 Å². The van der Waals surface area contributed by atoms with Crippen LogP contribution in [-0.2, 0) is 24.7 Å². The van der Waals surface area contributed by atoms with E-state index >= 15 is 0 Å². The minimum absolute atomic E-state index is 0.0563. The lowest BCUT2D eigenvalue weighted by Gasteiger charge is -2.34. The summed E-state index contributed by atoms with van der Waals surface area (Å²) in [6.45, 7) is 1.60. The number of thiophene rings is 1. The summed E-state index contributed by atoms with van der Waals surface area (Å²) >= 11 is 1.77. The highest BCUT2D eigenvalue weighted by molar-refractivity contribution is 7.19. The molecule has 1 saturated heterocycles. The van der Waals surface area contributed by atoms with Crippen LogP contribution < -0.4 is 9.80 Å². The number of piperazine rings is 1. The Morgan fingerprint density at radius 1 is 1.13 bits per heavy atom. The molecular weight excluding hydrogens is 410 g/mol.